The molecule has 0 unspecified atom stereocenters. The Hall–Kier alpha value is -1.62. The van der Waals surface area contributed by atoms with Gasteiger partial charge in [-0.1, -0.05) is 24.3 Å². The maximum Gasteiger partial charge on any atom is 0.303 e. The van der Waals surface area contributed by atoms with Crippen molar-refractivity contribution in [3.05, 3.63) is 42.0 Å². The number of hydrogen-bond donors (Lipinski definition) is 1. The summed E-state index contributed by atoms with van der Waals surface area (Å²) >= 11 is 0. The largest absolute Gasteiger partial charge is 0.481 e. The minimum absolute atomic E-state index is 0.0395. The first kappa shape index (κ1) is 14.4. The van der Waals surface area contributed by atoms with Gasteiger partial charge in [0.2, 0.25) is 0 Å². The molecule has 0 fully saturated rings. The number of benzene rings is 1. The van der Waals surface area contributed by atoms with Crippen molar-refractivity contribution < 1.29 is 18.3 Å². The van der Waals surface area contributed by atoms with Gasteiger partial charge in [0.15, 0.2) is 9.84 Å². The summed E-state index contributed by atoms with van der Waals surface area (Å²) in [7, 11) is -3.32. The van der Waals surface area contributed by atoms with Crippen molar-refractivity contribution in [2.75, 3.05) is 5.75 Å². The second-order valence-electron chi connectivity index (χ2n) is 4.25. The Morgan fingerprint density at radius 2 is 1.83 bits per heavy atom. The van der Waals surface area contributed by atoms with Crippen molar-refractivity contribution in [2.24, 2.45) is 0 Å². The van der Waals surface area contributed by atoms with Crippen LogP contribution in [0.3, 0.4) is 0 Å². The van der Waals surface area contributed by atoms with Gasteiger partial charge in [-0.25, -0.2) is 8.42 Å². The first-order valence-corrected chi connectivity index (χ1v) is 7.14. The standard InChI is InChI=1S/C13H16O4S/c1-10(2)9-18(16,17)12-6-3-11(4-7-12)5-8-13(14)15/h3-4,6-7H,1,5,8-9H2,2H3,(H,14,15). The highest BCUT2D eigenvalue weighted by Crippen LogP contribution is 2.15. The van der Waals surface area contributed by atoms with Crippen LogP contribution in [0.1, 0.15) is 18.9 Å². The first-order chi connectivity index (χ1) is 8.31. The van der Waals surface area contributed by atoms with Crippen LogP contribution in [0.25, 0.3) is 0 Å². The smallest absolute Gasteiger partial charge is 0.303 e. The maximum absolute atomic E-state index is 11.9. The maximum atomic E-state index is 11.9. The molecule has 0 bridgehead atoms. The lowest BCUT2D eigenvalue weighted by atomic mass is 10.1. The van der Waals surface area contributed by atoms with Crippen LogP contribution in [0.5, 0.6) is 0 Å². The van der Waals surface area contributed by atoms with Gasteiger partial charge in [0, 0.05) is 6.42 Å². The van der Waals surface area contributed by atoms with Crippen molar-refractivity contribution >= 4 is 15.8 Å². The van der Waals surface area contributed by atoms with E-state index in [4.69, 9.17) is 5.11 Å². The highest BCUT2D eigenvalue weighted by Gasteiger charge is 2.14. The van der Waals surface area contributed by atoms with Crippen LogP contribution < -0.4 is 0 Å². The summed E-state index contributed by atoms with van der Waals surface area (Å²) in [6, 6.07) is 6.31. The van der Waals surface area contributed by atoms with Gasteiger partial charge < -0.3 is 5.11 Å². The lowest BCUT2D eigenvalue weighted by Gasteiger charge is -2.05. The van der Waals surface area contributed by atoms with Gasteiger partial charge in [-0.2, -0.15) is 0 Å². The summed E-state index contributed by atoms with van der Waals surface area (Å²) in [5.41, 5.74) is 1.40. The van der Waals surface area contributed by atoms with Crippen molar-refractivity contribution in [2.45, 2.75) is 24.7 Å². The first-order valence-electron chi connectivity index (χ1n) is 5.49. The normalized spacial score (nSPS) is 11.2. The quantitative estimate of drug-likeness (QED) is 0.801. The summed E-state index contributed by atoms with van der Waals surface area (Å²) in [6.45, 7) is 5.25. The molecular weight excluding hydrogens is 252 g/mol. The highest BCUT2D eigenvalue weighted by atomic mass is 32.2. The average Bonchev–Trinajstić information content (AvgIpc) is 2.25. The third-order valence-electron chi connectivity index (χ3n) is 2.35. The Balaban J connectivity index is 2.82. The number of carboxylic acid groups (broad SMARTS) is 1. The molecule has 0 heterocycles. The minimum atomic E-state index is -3.32. The molecule has 0 aliphatic carbocycles. The average molecular weight is 268 g/mol. The second-order valence-corrected chi connectivity index (χ2v) is 6.24. The number of aryl methyl sites for hydroxylation is 1. The minimum Gasteiger partial charge on any atom is -0.481 e. The topological polar surface area (TPSA) is 71.4 Å². The van der Waals surface area contributed by atoms with Gasteiger partial charge in [0.1, 0.15) is 0 Å². The van der Waals surface area contributed by atoms with Crippen LogP contribution >= 0.6 is 0 Å². The lowest BCUT2D eigenvalue weighted by molar-refractivity contribution is -0.136. The van der Waals surface area contributed by atoms with Gasteiger partial charge in [-0.05, 0) is 31.0 Å². The molecule has 0 saturated heterocycles. The van der Waals surface area contributed by atoms with E-state index in [-0.39, 0.29) is 17.1 Å². The Kier molecular flexibility index (Phi) is 4.67. The lowest BCUT2D eigenvalue weighted by Crippen LogP contribution is -2.07. The predicted octanol–water partition coefficient (Wildman–Crippen LogP) is 2.05. The van der Waals surface area contributed by atoms with Crippen LogP contribution in [-0.4, -0.2) is 25.2 Å². The zero-order valence-corrected chi connectivity index (χ0v) is 11.0. The molecule has 1 N–H and O–H groups in total. The number of rotatable bonds is 6. The molecule has 0 aliphatic rings. The summed E-state index contributed by atoms with van der Waals surface area (Å²) in [4.78, 5) is 10.7. The number of hydrogen-bond acceptors (Lipinski definition) is 3. The van der Waals surface area contributed by atoms with Gasteiger partial charge >= 0.3 is 5.97 Å². The molecule has 1 aromatic carbocycles. The fourth-order valence-electron chi connectivity index (χ4n) is 1.52. The Morgan fingerprint density at radius 3 is 2.28 bits per heavy atom. The Labute approximate surface area is 107 Å². The molecular formula is C13H16O4S. The van der Waals surface area contributed by atoms with Crippen LogP contribution in [0.4, 0.5) is 0 Å². The molecule has 0 aliphatic heterocycles. The molecule has 98 valence electrons. The predicted molar refractivity (Wildman–Crippen MR) is 69.3 cm³/mol. The van der Waals surface area contributed by atoms with E-state index < -0.39 is 15.8 Å². The molecule has 0 radical (unpaired) electrons. The fourth-order valence-corrected chi connectivity index (χ4v) is 2.89. The molecule has 0 amide bonds. The van der Waals surface area contributed by atoms with Crippen molar-refractivity contribution in [1.29, 1.82) is 0 Å². The second kappa shape index (κ2) is 5.82. The monoisotopic (exact) mass is 268 g/mol. The SMILES string of the molecule is C=C(C)CS(=O)(=O)c1ccc(CCC(=O)O)cc1. The van der Waals surface area contributed by atoms with Crippen LogP contribution in [0, 0.1) is 0 Å². The number of carboxylic acids is 1. The molecule has 4 nitrogen and oxygen atoms in total. The summed E-state index contributed by atoms with van der Waals surface area (Å²) in [6.07, 6.45) is 0.439. The molecule has 1 aromatic rings. The number of sulfone groups is 1. The van der Waals surface area contributed by atoms with E-state index in [9.17, 15) is 13.2 Å². The van der Waals surface area contributed by atoms with E-state index in [0.29, 0.717) is 12.0 Å². The molecule has 1 rings (SSSR count). The molecule has 0 aromatic heterocycles. The fraction of sp³-hybridized carbons (Fsp3) is 0.308. The zero-order valence-electron chi connectivity index (χ0n) is 10.2. The van der Waals surface area contributed by atoms with Crippen LogP contribution in [-0.2, 0) is 21.1 Å². The summed E-state index contributed by atoms with van der Waals surface area (Å²) in [5.74, 6) is -0.935. The number of carbonyl (C=O) groups is 1. The van der Waals surface area contributed by atoms with E-state index in [2.05, 4.69) is 6.58 Å². The third-order valence-corrected chi connectivity index (χ3v) is 4.21. The van der Waals surface area contributed by atoms with Gasteiger partial charge in [-0.3, -0.25) is 4.79 Å². The van der Waals surface area contributed by atoms with Gasteiger partial charge in [-0.15, -0.1) is 0 Å². The van der Waals surface area contributed by atoms with Gasteiger partial charge in [0.25, 0.3) is 0 Å². The molecule has 0 atom stereocenters. The zero-order chi connectivity index (χ0) is 13.8. The third kappa shape index (κ3) is 4.33. The van der Waals surface area contributed by atoms with E-state index >= 15 is 0 Å². The van der Waals surface area contributed by atoms with Gasteiger partial charge in [0.05, 0.1) is 10.6 Å². The van der Waals surface area contributed by atoms with Crippen molar-refractivity contribution in [3.8, 4) is 0 Å². The molecule has 5 heteroatoms. The van der Waals surface area contributed by atoms with E-state index in [1.165, 1.54) is 12.1 Å². The Morgan fingerprint density at radius 1 is 1.28 bits per heavy atom. The van der Waals surface area contributed by atoms with E-state index in [1.807, 2.05) is 0 Å². The molecule has 0 saturated carbocycles. The van der Waals surface area contributed by atoms with E-state index in [1.54, 1.807) is 19.1 Å². The van der Waals surface area contributed by atoms with Crippen molar-refractivity contribution in [1.82, 2.24) is 0 Å². The van der Waals surface area contributed by atoms with Crippen LogP contribution in [0.15, 0.2) is 41.3 Å². The molecule has 18 heavy (non-hydrogen) atoms. The summed E-state index contributed by atoms with van der Waals surface area (Å²) < 4.78 is 23.7. The van der Waals surface area contributed by atoms with Crippen LogP contribution in [0.2, 0.25) is 0 Å². The highest BCUT2D eigenvalue weighted by molar-refractivity contribution is 7.91. The molecule has 0 spiro atoms. The number of aliphatic carboxylic acids is 1. The van der Waals surface area contributed by atoms with E-state index in [0.717, 1.165) is 5.56 Å². The van der Waals surface area contributed by atoms with Crippen molar-refractivity contribution in [3.63, 3.8) is 0 Å². The summed E-state index contributed by atoms with van der Waals surface area (Å²) in [5, 5.41) is 8.55. The Bertz CT molecular complexity index is 541.